The minimum absolute atomic E-state index is 0.0416. The van der Waals surface area contributed by atoms with Gasteiger partial charge in [0.15, 0.2) is 0 Å². The number of carbonyl (C=O) groups excluding carboxylic acids is 1. The van der Waals surface area contributed by atoms with Crippen LogP contribution >= 0.6 is 0 Å². The third-order valence-electron chi connectivity index (χ3n) is 3.57. The summed E-state index contributed by atoms with van der Waals surface area (Å²) in [4.78, 5) is 11.6. The van der Waals surface area contributed by atoms with Crippen LogP contribution in [0.15, 0.2) is 54.6 Å². The van der Waals surface area contributed by atoms with Crippen LogP contribution < -0.4 is 10.6 Å². The van der Waals surface area contributed by atoms with E-state index in [0.717, 1.165) is 17.7 Å². The SMILES string of the molecule is O=C(NCC#Cc1ccc(C(F)(F)F)cc1)NCC[S@](=O)Cc1ccccc1. The first-order valence-corrected chi connectivity index (χ1v) is 9.90. The Hall–Kier alpha value is -2.79. The van der Waals surface area contributed by atoms with Crippen molar-refractivity contribution in [1.82, 2.24) is 10.6 Å². The second-order valence-corrected chi connectivity index (χ2v) is 7.34. The number of carbonyl (C=O) groups is 1. The van der Waals surface area contributed by atoms with Gasteiger partial charge in [0.2, 0.25) is 0 Å². The molecule has 0 heterocycles. The molecular weight excluding hydrogens is 389 g/mol. The largest absolute Gasteiger partial charge is 0.416 e. The summed E-state index contributed by atoms with van der Waals surface area (Å²) in [5, 5.41) is 5.10. The zero-order valence-electron chi connectivity index (χ0n) is 14.9. The lowest BCUT2D eigenvalue weighted by atomic mass is 10.1. The average molecular weight is 408 g/mol. The van der Waals surface area contributed by atoms with Crippen LogP contribution in [0.1, 0.15) is 16.7 Å². The van der Waals surface area contributed by atoms with Gasteiger partial charge in [0.25, 0.3) is 0 Å². The number of rotatable bonds is 6. The van der Waals surface area contributed by atoms with Crippen LogP contribution in [-0.4, -0.2) is 29.1 Å². The molecule has 2 aromatic rings. The predicted octanol–water partition coefficient (Wildman–Crippen LogP) is 3.31. The summed E-state index contributed by atoms with van der Waals surface area (Å²) >= 11 is 0. The maximum atomic E-state index is 12.5. The number of hydrogen-bond acceptors (Lipinski definition) is 2. The topological polar surface area (TPSA) is 58.2 Å². The lowest BCUT2D eigenvalue weighted by Gasteiger charge is -2.06. The Morgan fingerprint density at radius 2 is 1.68 bits per heavy atom. The van der Waals surface area contributed by atoms with Crippen LogP contribution in [0.3, 0.4) is 0 Å². The lowest BCUT2D eigenvalue weighted by Crippen LogP contribution is -2.37. The first-order valence-electron chi connectivity index (χ1n) is 8.41. The van der Waals surface area contributed by atoms with Gasteiger partial charge in [0.1, 0.15) is 0 Å². The fraction of sp³-hybridized carbons (Fsp3) is 0.250. The van der Waals surface area contributed by atoms with Gasteiger partial charge in [-0.05, 0) is 29.8 Å². The van der Waals surface area contributed by atoms with Crippen molar-refractivity contribution in [1.29, 1.82) is 0 Å². The quantitative estimate of drug-likeness (QED) is 0.721. The minimum Gasteiger partial charge on any atom is -0.337 e. The third kappa shape index (κ3) is 7.84. The van der Waals surface area contributed by atoms with Gasteiger partial charge in [-0.1, -0.05) is 42.2 Å². The highest BCUT2D eigenvalue weighted by Gasteiger charge is 2.29. The standard InChI is InChI=1S/C20H19F3N2O2S/c21-20(22,23)18-10-8-16(9-11-18)7-4-12-24-19(26)25-13-14-28(27)15-17-5-2-1-3-6-17/h1-3,5-6,8-11H,12-15H2,(H2,24,25,26)/t28-/m0/s1. The van der Waals surface area contributed by atoms with Crippen LogP contribution in [0, 0.1) is 11.8 Å². The van der Waals surface area contributed by atoms with Gasteiger partial charge in [0.05, 0.1) is 12.1 Å². The van der Waals surface area contributed by atoms with E-state index in [9.17, 15) is 22.2 Å². The summed E-state index contributed by atoms with van der Waals surface area (Å²) in [7, 11) is -1.08. The monoisotopic (exact) mass is 408 g/mol. The lowest BCUT2D eigenvalue weighted by molar-refractivity contribution is -0.137. The number of hydrogen-bond donors (Lipinski definition) is 2. The Labute approximate surface area is 164 Å². The molecule has 28 heavy (non-hydrogen) atoms. The molecule has 0 aliphatic heterocycles. The summed E-state index contributed by atoms with van der Waals surface area (Å²) in [5.41, 5.74) is 0.663. The van der Waals surface area contributed by atoms with E-state index in [1.807, 2.05) is 30.3 Å². The van der Waals surface area contributed by atoms with Gasteiger partial charge in [-0.3, -0.25) is 4.21 Å². The van der Waals surface area contributed by atoms with Crippen molar-refractivity contribution in [2.75, 3.05) is 18.8 Å². The number of halogens is 3. The highest BCUT2D eigenvalue weighted by molar-refractivity contribution is 7.84. The molecule has 0 saturated heterocycles. The van der Waals surface area contributed by atoms with Crippen LogP contribution in [0.4, 0.5) is 18.0 Å². The van der Waals surface area contributed by atoms with E-state index in [1.54, 1.807) is 0 Å². The Bertz CT molecular complexity index is 857. The fourth-order valence-electron chi connectivity index (χ4n) is 2.19. The number of benzene rings is 2. The zero-order chi connectivity index (χ0) is 20.4. The summed E-state index contributed by atoms with van der Waals surface area (Å²) in [5.74, 6) is 6.10. The van der Waals surface area contributed by atoms with Gasteiger partial charge in [-0.25, -0.2) is 4.79 Å². The highest BCUT2D eigenvalue weighted by Crippen LogP contribution is 2.28. The first kappa shape index (κ1) is 21.5. The van der Waals surface area contributed by atoms with Gasteiger partial charge < -0.3 is 10.6 Å². The van der Waals surface area contributed by atoms with Gasteiger partial charge in [-0.15, -0.1) is 0 Å². The van der Waals surface area contributed by atoms with Crippen molar-refractivity contribution in [3.63, 3.8) is 0 Å². The minimum atomic E-state index is -4.38. The molecule has 0 aliphatic rings. The molecule has 148 valence electrons. The molecule has 0 aromatic heterocycles. The van der Waals surface area contributed by atoms with E-state index in [0.29, 0.717) is 17.1 Å². The van der Waals surface area contributed by atoms with Crippen molar-refractivity contribution >= 4 is 16.8 Å². The summed E-state index contributed by atoms with van der Waals surface area (Å²) in [6, 6.07) is 13.5. The predicted molar refractivity (Wildman–Crippen MR) is 103 cm³/mol. The van der Waals surface area contributed by atoms with E-state index in [-0.39, 0.29) is 13.1 Å². The van der Waals surface area contributed by atoms with Crippen molar-refractivity contribution in [3.05, 3.63) is 71.3 Å². The summed E-state index contributed by atoms with van der Waals surface area (Å²) in [6.45, 7) is 0.303. The van der Waals surface area contributed by atoms with E-state index >= 15 is 0 Å². The van der Waals surface area contributed by atoms with E-state index in [2.05, 4.69) is 22.5 Å². The second-order valence-electron chi connectivity index (χ2n) is 5.76. The van der Waals surface area contributed by atoms with E-state index < -0.39 is 28.6 Å². The summed E-state index contributed by atoms with van der Waals surface area (Å²) < 4.78 is 49.3. The molecule has 0 fully saturated rings. The maximum Gasteiger partial charge on any atom is 0.416 e. The molecule has 0 unspecified atom stereocenters. The molecule has 2 N–H and O–H groups in total. The average Bonchev–Trinajstić information content (AvgIpc) is 2.66. The second kappa shape index (κ2) is 10.5. The molecule has 1 atom stereocenters. The van der Waals surface area contributed by atoms with Gasteiger partial charge in [-0.2, -0.15) is 13.2 Å². The Morgan fingerprint density at radius 3 is 2.32 bits per heavy atom. The molecule has 0 aliphatic carbocycles. The Balaban J connectivity index is 1.65. The van der Waals surface area contributed by atoms with E-state index in [4.69, 9.17) is 0 Å². The normalized spacial score (nSPS) is 11.8. The van der Waals surface area contributed by atoms with Crippen molar-refractivity contribution in [3.8, 4) is 11.8 Å². The molecule has 0 spiro atoms. The van der Waals surface area contributed by atoms with Crippen LogP contribution in [-0.2, 0) is 22.7 Å². The third-order valence-corrected chi connectivity index (χ3v) is 4.88. The molecule has 2 amide bonds. The number of alkyl halides is 3. The molecular formula is C20H19F3N2O2S. The fourth-order valence-corrected chi connectivity index (χ4v) is 3.22. The van der Waals surface area contributed by atoms with Gasteiger partial charge >= 0.3 is 12.2 Å². The molecule has 4 nitrogen and oxygen atoms in total. The van der Waals surface area contributed by atoms with Crippen molar-refractivity contribution < 1.29 is 22.2 Å². The van der Waals surface area contributed by atoms with Crippen molar-refractivity contribution in [2.45, 2.75) is 11.9 Å². The molecule has 2 aromatic carbocycles. The zero-order valence-corrected chi connectivity index (χ0v) is 15.7. The maximum absolute atomic E-state index is 12.5. The molecule has 0 saturated carbocycles. The number of amides is 2. The molecule has 0 radical (unpaired) electrons. The molecule has 2 rings (SSSR count). The smallest absolute Gasteiger partial charge is 0.337 e. The van der Waals surface area contributed by atoms with Crippen LogP contribution in [0.2, 0.25) is 0 Å². The highest BCUT2D eigenvalue weighted by atomic mass is 32.2. The molecule has 0 bridgehead atoms. The number of nitrogens with one attached hydrogen (secondary N) is 2. The Kier molecular flexibility index (Phi) is 8.08. The van der Waals surface area contributed by atoms with E-state index in [1.165, 1.54) is 12.1 Å². The summed E-state index contributed by atoms with van der Waals surface area (Å²) in [6.07, 6.45) is -4.38. The first-order chi connectivity index (χ1) is 13.3. The molecule has 8 heteroatoms. The van der Waals surface area contributed by atoms with Gasteiger partial charge in [0, 0.05) is 34.4 Å². The van der Waals surface area contributed by atoms with Crippen LogP contribution in [0.25, 0.3) is 0 Å². The van der Waals surface area contributed by atoms with Crippen molar-refractivity contribution in [2.24, 2.45) is 0 Å². The Morgan fingerprint density at radius 1 is 1.00 bits per heavy atom. The number of urea groups is 1. The van der Waals surface area contributed by atoms with Crippen LogP contribution in [0.5, 0.6) is 0 Å².